The van der Waals surface area contributed by atoms with E-state index in [0.717, 1.165) is 15.4 Å². The number of aryl methyl sites for hydroxylation is 1. The van der Waals surface area contributed by atoms with Crippen LogP contribution in [0.5, 0.6) is 0 Å². The molecule has 0 saturated carbocycles. The van der Waals surface area contributed by atoms with Crippen molar-refractivity contribution in [2.75, 3.05) is 5.73 Å². The molecule has 1 aromatic heterocycles. The molecule has 2 aromatic rings. The maximum atomic E-state index is 9.56. The molecule has 0 saturated heterocycles. The van der Waals surface area contributed by atoms with Crippen LogP contribution in [0.25, 0.3) is 10.9 Å². The fourth-order valence-electron chi connectivity index (χ4n) is 1.58. The zero-order valence-electron chi connectivity index (χ0n) is 9.65. The van der Waals surface area contributed by atoms with Crippen molar-refractivity contribution in [2.24, 2.45) is 0 Å². The number of nitrogen functional groups attached to an aromatic ring is 1. The highest BCUT2D eigenvalue weighted by atomic mass is 79.9. The van der Waals surface area contributed by atoms with Crippen molar-refractivity contribution in [1.29, 1.82) is 0 Å². The van der Waals surface area contributed by atoms with Gasteiger partial charge in [-0.25, -0.2) is 0 Å². The van der Waals surface area contributed by atoms with Crippen LogP contribution in [-0.4, -0.2) is 20.5 Å². The smallest absolute Gasteiger partial charge is 0.0936 e. The summed E-state index contributed by atoms with van der Waals surface area (Å²) in [5, 5.41) is 15.0. The number of nitrogens with zero attached hydrogens (tertiary/aromatic N) is 2. The van der Waals surface area contributed by atoms with Crippen molar-refractivity contribution in [3.63, 3.8) is 0 Å². The van der Waals surface area contributed by atoms with E-state index in [-0.39, 0.29) is 0 Å². The Balaban J connectivity index is 2.26. The maximum Gasteiger partial charge on any atom is 0.0936 e. The van der Waals surface area contributed by atoms with Gasteiger partial charge in [-0.1, -0.05) is 0 Å². The largest absolute Gasteiger partial charge is 0.398 e. The van der Waals surface area contributed by atoms with Gasteiger partial charge in [-0.15, -0.1) is 0 Å². The Labute approximate surface area is 109 Å². The van der Waals surface area contributed by atoms with Gasteiger partial charge in [0.25, 0.3) is 0 Å². The van der Waals surface area contributed by atoms with Crippen LogP contribution in [0.4, 0.5) is 5.69 Å². The third kappa shape index (κ3) is 2.98. The summed E-state index contributed by atoms with van der Waals surface area (Å²) in [4.78, 5) is 0. The first-order valence-corrected chi connectivity index (χ1v) is 6.14. The maximum absolute atomic E-state index is 9.56. The number of hydrogen-bond acceptors (Lipinski definition) is 3. The number of fused-ring (bicyclic) bond motifs is 1. The highest BCUT2D eigenvalue weighted by Crippen LogP contribution is 2.25. The molecule has 0 spiro atoms. The van der Waals surface area contributed by atoms with Gasteiger partial charge in [0.2, 0.25) is 0 Å². The lowest BCUT2D eigenvalue weighted by Gasteiger charge is -2.15. The molecular formula is C12H15BrN3O. The fourth-order valence-corrected chi connectivity index (χ4v) is 1.92. The summed E-state index contributed by atoms with van der Waals surface area (Å²) in [5.41, 5.74) is 6.47. The second kappa shape index (κ2) is 4.31. The van der Waals surface area contributed by atoms with Crippen LogP contribution in [-0.2, 0) is 6.54 Å². The monoisotopic (exact) mass is 296 g/mol. The molecule has 1 heterocycles. The van der Waals surface area contributed by atoms with E-state index in [1.165, 1.54) is 0 Å². The number of halogens is 1. The van der Waals surface area contributed by atoms with Crippen molar-refractivity contribution in [3.8, 4) is 0 Å². The van der Waals surface area contributed by atoms with Gasteiger partial charge in [0.1, 0.15) is 0 Å². The third-order valence-electron chi connectivity index (χ3n) is 2.55. The van der Waals surface area contributed by atoms with E-state index in [9.17, 15) is 5.11 Å². The molecule has 1 atom stereocenters. The molecular weight excluding hydrogens is 282 g/mol. The van der Waals surface area contributed by atoms with Gasteiger partial charge < -0.3 is 10.8 Å². The second-order valence-electron chi connectivity index (χ2n) is 4.57. The quantitative estimate of drug-likeness (QED) is 0.855. The number of rotatable bonds is 3. The molecule has 0 aliphatic heterocycles. The topological polar surface area (TPSA) is 64.1 Å². The number of aromatic nitrogens is 2. The molecule has 1 radical (unpaired) electrons. The average Bonchev–Trinajstić information content (AvgIpc) is 2.57. The van der Waals surface area contributed by atoms with Gasteiger partial charge in [0, 0.05) is 28.3 Å². The molecule has 0 aliphatic carbocycles. The minimum Gasteiger partial charge on any atom is -0.398 e. The minimum atomic E-state index is -0.919. The first kappa shape index (κ1) is 12.4. The standard InChI is InChI=1S/C12H15BrN3O/c1-12(2,17)3-4-16-7-8-5-10(14)9(13)6-11(8)15-16/h5-7,17H,1,3-4,14H2,2H3. The summed E-state index contributed by atoms with van der Waals surface area (Å²) in [6, 6.07) is 3.77. The summed E-state index contributed by atoms with van der Waals surface area (Å²) in [5.74, 6) is 0. The SMILES string of the molecule is [CH2]C(C)(O)CCn1cc2cc(N)c(Br)cc2n1. The lowest BCUT2D eigenvalue weighted by atomic mass is 10.1. The van der Waals surface area contributed by atoms with Gasteiger partial charge in [0.05, 0.1) is 11.1 Å². The summed E-state index contributed by atoms with van der Waals surface area (Å²) in [6.45, 7) is 5.97. The van der Waals surface area contributed by atoms with Gasteiger partial charge in [0.15, 0.2) is 0 Å². The van der Waals surface area contributed by atoms with Crippen LogP contribution in [0.1, 0.15) is 13.3 Å². The Bertz CT molecular complexity index is 503. The van der Waals surface area contributed by atoms with Crippen molar-refractivity contribution in [2.45, 2.75) is 25.5 Å². The van der Waals surface area contributed by atoms with E-state index in [1.54, 1.807) is 11.6 Å². The van der Waals surface area contributed by atoms with Gasteiger partial charge in [-0.3, -0.25) is 4.68 Å². The van der Waals surface area contributed by atoms with E-state index >= 15 is 0 Å². The van der Waals surface area contributed by atoms with E-state index in [1.807, 2.05) is 18.3 Å². The van der Waals surface area contributed by atoms with Gasteiger partial charge >= 0.3 is 0 Å². The van der Waals surface area contributed by atoms with Gasteiger partial charge in [-0.05, 0) is 48.3 Å². The summed E-state index contributed by atoms with van der Waals surface area (Å²) in [6.07, 6.45) is 2.47. The predicted octanol–water partition coefficient (Wildman–Crippen LogP) is 2.36. The van der Waals surface area contributed by atoms with Crippen LogP contribution in [0.3, 0.4) is 0 Å². The Kier molecular flexibility index (Phi) is 3.14. The molecule has 3 N–H and O–H groups in total. The predicted molar refractivity (Wildman–Crippen MR) is 72.4 cm³/mol. The minimum absolute atomic E-state index is 0.553. The van der Waals surface area contributed by atoms with E-state index in [2.05, 4.69) is 28.0 Å². The lowest BCUT2D eigenvalue weighted by Crippen LogP contribution is -2.21. The Morgan fingerprint density at radius 3 is 2.94 bits per heavy atom. The summed E-state index contributed by atoms with van der Waals surface area (Å²) in [7, 11) is 0. The van der Waals surface area contributed by atoms with Crippen LogP contribution in [0.15, 0.2) is 22.8 Å². The third-order valence-corrected chi connectivity index (χ3v) is 3.24. The van der Waals surface area contributed by atoms with Crippen molar-refractivity contribution < 1.29 is 5.11 Å². The molecule has 91 valence electrons. The molecule has 1 unspecified atom stereocenters. The molecule has 0 aliphatic rings. The van der Waals surface area contributed by atoms with Crippen LogP contribution in [0, 0.1) is 6.92 Å². The number of hydrogen-bond donors (Lipinski definition) is 2. The molecule has 17 heavy (non-hydrogen) atoms. The highest BCUT2D eigenvalue weighted by Gasteiger charge is 2.13. The second-order valence-corrected chi connectivity index (χ2v) is 5.43. The summed E-state index contributed by atoms with van der Waals surface area (Å²) < 4.78 is 2.65. The van der Waals surface area contributed by atoms with E-state index < -0.39 is 5.60 Å². The van der Waals surface area contributed by atoms with E-state index in [0.29, 0.717) is 18.7 Å². The lowest BCUT2D eigenvalue weighted by molar-refractivity contribution is 0.0924. The molecule has 0 bridgehead atoms. The molecule has 1 aromatic carbocycles. The van der Waals surface area contributed by atoms with E-state index in [4.69, 9.17) is 5.73 Å². The zero-order chi connectivity index (χ0) is 12.6. The first-order valence-electron chi connectivity index (χ1n) is 5.35. The fraction of sp³-hybridized carbons (Fsp3) is 0.333. The number of anilines is 1. The molecule has 2 rings (SSSR count). The van der Waals surface area contributed by atoms with Crippen molar-refractivity contribution in [3.05, 3.63) is 29.7 Å². The summed E-state index contributed by atoms with van der Waals surface area (Å²) >= 11 is 3.37. The van der Waals surface area contributed by atoms with Crippen molar-refractivity contribution in [1.82, 2.24) is 9.78 Å². The number of aliphatic hydroxyl groups is 1. The first-order chi connectivity index (χ1) is 7.85. The van der Waals surface area contributed by atoms with Crippen molar-refractivity contribution >= 4 is 32.5 Å². The highest BCUT2D eigenvalue weighted by molar-refractivity contribution is 9.10. The zero-order valence-corrected chi connectivity index (χ0v) is 11.2. The Hall–Kier alpha value is -1.07. The Morgan fingerprint density at radius 2 is 2.29 bits per heavy atom. The molecule has 0 amide bonds. The average molecular weight is 297 g/mol. The van der Waals surface area contributed by atoms with Crippen LogP contribution >= 0.6 is 15.9 Å². The Morgan fingerprint density at radius 1 is 1.59 bits per heavy atom. The number of nitrogens with two attached hydrogens (primary N) is 1. The molecule has 0 fully saturated rings. The molecule has 4 nitrogen and oxygen atoms in total. The van der Waals surface area contributed by atoms with Crippen LogP contribution < -0.4 is 5.73 Å². The van der Waals surface area contributed by atoms with Gasteiger partial charge in [-0.2, -0.15) is 5.10 Å². The molecule has 5 heteroatoms. The normalized spacial score (nSPS) is 12.2. The number of benzene rings is 1. The van der Waals surface area contributed by atoms with Crippen LogP contribution in [0.2, 0.25) is 0 Å².